The first-order valence-electron chi connectivity index (χ1n) is 6.12. The average Bonchev–Trinajstić information content (AvgIpc) is 2.84. The van der Waals surface area contributed by atoms with Crippen LogP contribution in [0.2, 0.25) is 10.0 Å². The Morgan fingerprint density at radius 1 is 1.05 bits per heavy atom. The number of benzene rings is 2. The number of nitrogens with two attached hydrogens (primary N) is 1. The molecule has 2 aromatic carbocycles. The Hall–Kier alpha value is -2.04. The molecule has 3 nitrogen and oxygen atoms in total. The molecule has 6 heteroatoms. The summed E-state index contributed by atoms with van der Waals surface area (Å²) >= 11 is 12.1. The van der Waals surface area contributed by atoms with Crippen molar-refractivity contribution in [2.75, 3.05) is 5.73 Å². The van der Waals surface area contributed by atoms with Crippen LogP contribution >= 0.6 is 23.2 Å². The largest absolute Gasteiger partial charge is 0.382 e. The maximum absolute atomic E-state index is 13.3. The lowest BCUT2D eigenvalue weighted by atomic mass is 10.0. The van der Waals surface area contributed by atoms with Gasteiger partial charge in [0.05, 0.1) is 16.3 Å². The van der Waals surface area contributed by atoms with Gasteiger partial charge < -0.3 is 5.73 Å². The van der Waals surface area contributed by atoms with Crippen LogP contribution in [0.25, 0.3) is 22.4 Å². The molecule has 0 amide bonds. The van der Waals surface area contributed by atoms with Crippen LogP contribution in [-0.4, -0.2) is 10.2 Å². The van der Waals surface area contributed by atoms with Crippen LogP contribution in [0.1, 0.15) is 0 Å². The van der Waals surface area contributed by atoms with Gasteiger partial charge in [0.15, 0.2) is 5.82 Å². The van der Waals surface area contributed by atoms with Gasteiger partial charge in [0.1, 0.15) is 5.82 Å². The van der Waals surface area contributed by atoms with E-state index < -0.39 is 5.82 Å². The lowest BCUT2D eigenvalue weighted by molar-refractivity contribution is 0.628. The van der Waals surface area contributed by atoms with E-state index in [9.17, 15) is 4.39 Å². The Balaban J connectivity index is 2.22. The summed E-state index contributed by atoms with van der Waals surface area (Å²) in [6, 6.07) is 11.7. The second kappa shape index (κ2) is 5.39. The third-order valence-electron chi connectivity index (χ3n) is 3.15. The highest BCUT2D eigenvalue weighted by Gasteiger charge is 2.17. The molecule has 3 aromatic rings. The third kappa shape index (κ3) is 2.48. The number of halogens is 3. The Morgan fingerprint density at radius 2 is 1.81 bits per heavy atom. The van der Waals surface area contributed by atoms with Crippen molar-refractivity contribution >= 4 is 29.0 Å². The fourth-order valence-electron chi connectivity index (χ4n) is 2.15. The summed E-state index contributed by atoms with van der Waals surface area (Å²) in [4.78, 5) is 0. The van der Waals surface area contributed by atoms with Crippen molar-refractivity contribution in [3.05, 3.63) is 58.3 Å². The molecule has 1 heterocycles. The van der Waals surface area contributed by atoms with Gasteiger partial charge in [0.25, 0.3) is 0 Å². The summed E-state index contributed by atoms with van der Waals surface area (Å²) in [5, 5.41) is 7.46. The number of aromatic amines is 1. The van der Waals surface area contributed by atoms with E-state index in [1.807, 2.05) is 18.2 Å². The lowest BCUT2D eigenvalue weighted by Gasteiger charge is -2.07. The van der Waals surface area contributed by atoms with Crippen LogP contribution in [-0.2, 0) is 0 Å². The summed E-state index contributed by atoms with van der Waals surface area (Å²) < 4.78 is 13.3. The van der Waals surface area contributed by atoms with E-state index in [4.69, 9.17) is 28.9 Å². The van der Waals surface area contributed by atoms with Gasteiger partial charge >= 0.3 is 0 Å². The van der Waals surface area contributed by atoms with Crippen LogP contribution < -0.4 is 5.73 Å². The van der Waals surface area contributed by atoms with Crippen LogP contribution in [0.3, 0.4) is 0 Å². The molecule has 0 aliphatic heterocycles. The monoisotopic (exact) mass is 321 g/mol. The SMILES string of the molecule is Nc1n[nH]c(-c2ccc(F)c(Cl)c2)c1-c1ccccc1Cl. The molecule has 0 spiro atoms. The topological polar surface area (TPSA) is 54.7 Å². The molecule has 0 radical (unpaired) electrons. The van der Waals surface area contributed by atoms with Gasteiger partial charge in [-0.15, -0.1) is 0 Å². The molecule has 0 fully saturated rings. The molecule has 1 aromatic heterocycles. The van der Waals surface area contributed by atoms with Crippen molar-refractivity contribution < 1.29 is 4.39 Å². The molecular weight excluding hydrogens is 312 g/mol. The Bertz CT molecular complexity index is 814. The molecule has 21 heavy (non-hydrogen) atoms. The van der Waals surface area contributed by atoms with E-state index in [1.165, 1.54) is 12.1 Å². The average molecular weight is 322 g/mol. The fourth-order valence-corrected chi connectivity index (χ4v) is 2.56. The van der Waals surface area contributed by atoms with Crippen molar-refractivity contribution in [2.24, 2.45) is 0 Å². The van der Waals surface area contributed by atoms with Crippen LogP contribution in [0.15, 0.2) is 42.5 Å². The highest BCUT2D eigenvalue weighted by atomic mass is 35.5. The van der Waals surface area contributed by atoms with Gasteiger partial charge in [-0.2, -0.15) is 5.10 Å². The molecule has 3 rings (SSSR count). The number of H-pyrrole nitrogens is 1. The Labute approximate surface area is 130 Å². The van der Waals surface area contributed by atoms with E-state index in [1.54, 1.807) is 12.1 Å². The fraction of sp³-hybridized carbons (Fsp3) is 0. The second-order valence-electron chi connectivity index (χ2n) is 4.47. The number of hydrogen-bond acceptors (Lipinski definition) is 2. The highest BCUT2D eigenvalue weighted by Crippen LogP contribution is 2.38. The van der Waals surface area contributed by atoms with E-state index in [2.05, 4.69) is 10.2 Å². The maximum Gasteiger partial charge on any atom is 0.153 e. The molecule has 0 saturated heterocycles. The van der Waals surface area contributed by atoms with E-state index >= 15 is 0 Å². The standard InChI is InChI=1S/C15H10Cl2FN3/c16-10-4-2-1-3-9(10)13-14(20-21-15(13)19)8-5-6-12(18)11(17)7-8/h1-7H,(H3,19,20,21). The zero-order valence-corrected chi connectivity index (χ0v) is 12.2. The molecule has 0 aliphatic rings. The number of hydrogen-bond donors (Lipinski definition) is 2. The van der Waals surface area contributed by atoms with Gasteiger partial charge in [-0.25, -0.2) is 4.39 Å². The number of nitrogen functional groups attached to an aromatic ring is 1. The predicted molar refractivity (Wildman–Crippen MR) is 83.9 cm³/mol. The van der Waals surface area contributed by atoms with Gasteiger partial charge in [-0.05, 0) is 24.3 Å². The van der Waals surface area contributed by atoms with Crippen molar-refractivity contribution in [1.82, 2.24) is 10.2 Å². The first-order valence-corrected chi connectivity index (χ1v) is 6.87. The summed E-state index contributed by atoms with van der Waals surface area (Å²) in [5.74, 6) is -0.161. The van der Waals surface area contributed by atoms with Gasteiger partial charge in [-0.1, -0.05) is 41.4 Å². The van der Waals surface area contributed by atoms with Gasteiger partial charge in [-0.3, -0.25) is 5.10 Å². The van der Waals surface area contributed by atoms with Gasteiger partial charge in [0, 0.05) is 16.1 Å². The van der Waals surface area contributed by atoms with Crippen LogP contribution in [0, 0.1) is 5.82 Å². The first kappa shape index (κ1) is 13.9. The molecule has 0 unspecified atom stereocenters. The second-order valence-corrected chi connectivity index (χ2v) is 5.28. The minimum atomic E-state index is -0.479. The smallest absolute Gasteiger partial charge is 0.153 e. The highest BCUT2D eigenvalue weighted by molar-refractivity contribution is 6.33. The maximum atomic E-state index is 13.3. The minimum Gasteiger partial charge on any atom is -0.382 e. The molecule has 0 aliphatic carbocycles. The summed E-state index contributed by atoms with van der Waals surface area (Å²) in [6.07, 6.45) is 0. The van der Waals surface area contributed by atoms with E-state index in [0.717, 1.165) is 5.56 Å². The zero-order valence-electron chi connectivity index (χ0n) is 10.7. The van der Waals surface area contributed by atoms with Gasteiger partial charge in [0.2, 0.25) is 0 Å². The Kier molecular flexibility index (Phi) is 3.57. The number of aromatic nitrogens is 2. The molecule has 0 bridgehead atoms. The third-order valence-corrected chi connectivity index (χ3v) is 3.77. The van der Waals surface area contributed by atoms with Crippen molar-refractivity contribution in [1.29, 1.82) is 0 Å². The van der Waals surface area contributed by atoms with Crippen molar-refractivity contribution in [3.63, 3.8) is 0 Å². The molecular formula is C15H10Cl2FN3. The number of rotatable bonds is 2. The zero-order chi connectivity index (χ0) is 15.0. The number of nitrogens with zero attached hydrogens (tertiary/aromatic N) is 1. The van der Waals surface area contributed by atoms with Crippen molar-refractivity contribution in [2.45, 2.75) is 0 Å². The minimum absolute atomic E-state index is 0.0331. The normalized spacial score (nSPS) is 10.8. The lowest BCUT2D eigenvalue weighted by Crippen LogP contribution is -1.90. The summed E-state index contributed by atoms with van der Waals surface area (Å²) in [6.45, 7) is 0. The van der Waals surface area contributed by atoms with E-state index in [-0.39, 0.29) is 5.02 Å². The molecule has 3 N–H and O–H groups in total. The first-order chi connectivity index (χ1) is 10.1. The van der Waals surface area contributed by atoms with E-state index in [0.29, 0.717) is 27.7 Å². The quantitative estimate of drug-likeness (QED) is 0.714. The van der Waals surface area contributed by atoms with Crippen LogP contribution in [0.4, 0.5) is 10.2 Å². The summed E-state index contributed by atoms with van der Waals surface area (Å²) in [5.41, 5.74) is 8.68. The number of anilines is 1. The van der Waals surface area contributed by atoms with Crippen molar-refractivity contribution in [3.8, 4) is 22.4 Å². The number of nitrogens with one attached hydrogen (secondary N) is 1. The molecule has 106 valence electrons. The predicted octanol–water partition coefficient (Wildman–Crippen LogP) is 4.77. The molecule has 0 atom stereocenters. The summed E-state index contributed by atoms with van der Waals surface area (Å²) in [7, 11) is 0. The molecule has 0 saturated carbocycles. The Morgan fingerprint density at radius 3 is 2.52 bits per heavy atom. The van der Waals surface area contributed by atoms with Crippen LogP contribution in [0.5, 0.6) is 0 Å².